The number of hydrogen-bond donors (Lipinski definition) is 1. The van der Waals surface area contributed by atoms with Crippen LogP contribution in [0.5, 0.6) is 11.5 Å². The average Bonchev–Trinajstić information content (AvgIpc) is 3.55. The van der Waals surface area contributed by atoms with Crippen LogP contribution in [0.3, 0.4) is 0 Å². The van der Waals surface area contributed by atoms with Crippen molar-refractivity contribution in [3.8, 4) is 17.2 Å². The molecule has 0 atom stereocenters. The van der Waals surface area contributed by atoms with Crippen LogP contribution in [0, 0.1) is 0 Å². The summed E-state index contributed by atoms with van der Waals surface area (Å²) in [6.45, 7) is 3.28. The number of nitrogens with zero attached hydrogens (tertiary/aromatic N) is 3. The van der Waals surface area contributed by atoms with Gasteiger partial charge in [0, 0.05) is 43.1 Å². The van der Waals surface area contributed by atoms with Crippen molar-refractivity contribution in [2.75, 3.05) is 24.8 Å². The molecule has 1 aromatic heterocycles. The maximum atomic E-state index is 5.54. The summed E-state index contributed by atoms with van der Waals surface area (Å²) in [5, 5.41) is 8.80. The van der Waals surface area contributed by atoms with E-state index in [0.29, 0.717) is 12.8 Å². The highest BCUT2D eigenvalue weighted by atomic mass is 16.7. The number of piperidine rings is 1. The van der Waals surface area contributed by atoms with Crippen LogP contribution in [-0.2, 0) is 19.4 Å². The molecule has 3 aliphatic rings. The van der Waals surface area contributed by atoms with Crippen molar-refractivity contribution in [1.29, 1.82) is 0 Å². The summed E-state index contributed by atoms with van der Waals surface area (Å²) in [5.74, 6) is 1.71. The topological polar surface area (TPSA) is 51.6 Å². The number of aromatic nitrogens is 2. The van der Waals surface area contributed by atoms with E-state index in [2.05, 4.69) is 57.4 Å². The van der Waals surface area contributed by atoms with Gasteiger partial charge in [-0.15, -0.1) is 0 Å². The van der Waals surface area contributed by atoms with E-state index in [1.54, 1.807) is 0 Å². The minimum atomic E-state index is 0.328. The molecule has 1 fully saturated rings. The maximum absolute atomic E-state index is 5.54. The van der Waals surface area contributed by atoms with Gasteiger partial charge in [-0.2, -0.15) is 5.10 Å². The largest absolute Gasteiger partial charge is 0.454 e. The van der Waals surface area contributed by atoms with Crippen LogP contribution in [0.2, 0.25) is 0 Å². The van der Waals surface area contributed by atoms with Gasteiger partial charge >= 0.3 is 0 Å². The third kappa shape index (κ3) is 3.55. The third-order valence-corrected chi connectivity index (χ3v) is 6.79. The molecule has 2 aromatic carbocycles. The van der Waals surface area contributed by atoms with Crippen molar-refractivity contribution < 1.29 is 9.47 Å². The molecule has 6 nitrogen and oxygen atoms in total. The van der Waals surface area contributed by atoms with Gasteiger partial charge in [0.05, 0.1) is 11.4 Å². The first-order valence-corrected chi connectivity index (χ1v) is 11.4. The van der Waals surface area contributed by atoms with Gasteiger partial charge in [-0.25, -0.2) is 4.68 Å². The Balaban J connectivity index is 1.09. The molecule has 1 saturated heterocycles. The molecule has 3 heterocycles. The Morgan fingerprint density at radius 1 is 0.935 bits per heavy atom. The van der Waals surface area contributed by atoms with E-state index in [0.717, 1.165) is 56.8 Å². The SMILES string of the molecule is c1ccc(-n2nc(CNC3CCN(c4ccc5c(c4)OCO5)CC3)c3c2CCC3)cc1. The summed E-state index contributed by atoms with van der Waals surface area (Å²) in [4.78, 5) is 2.45. The Morgan fingerprint density at radius 2 is 1.77 bits per heavy atom. The van der Waals surface area contributed by atoms with Crippen LogP contribution in [0.25, 0.3) is 5.69 Å². The highest BCUT2D eigenvalue weighted by Gasteiger charge is 2.25. The molecule has 3 aromatic rings. The van der Waals surface area contributed by atoms with E-state index in [1.165, 1.54) is 34.7 Å². The first-order chi connectivity index (χ1) is 15.3. The molecule has 0 amide bonds. The Kier molecular flexibility index (Phi) is 4.80. The van der Waals surface area contributed by atoms with E-state index >= 15 is 0 Å². The van der Waals surface area contributed by atoms with Gasteiger partial charge in [-0.1, -0.05) is 18.2 Å². The number of anilines is 1. The van der Waals surface area contributed by atoms with Gasteiger partial charge in [0.25, 0.3) is 0 Å². The second-order valence-corrected chi connectivity index (χ2v) is 8.65. The third-order valence-electron chi connectivity index (χ3n) is 6.79. The van der Waals surface area contributed by atoms with Crippen molar-refractivity contribution in [3.63, 3.8) is 0 Å². The van der Waals surface area contributed by atoms with Crippen molar-refractivity contribution in [2.45, 2.75) is 44.7 Å². The second kappa shape index (κ2) is 7.93. The van der Waals surface area contributed by atoms with Gasteiger partial charge in [-0.3, -0.25) is 0 Å². The van der Waals surface area contributed by atoms with Crippen LogP contribution >= 0.6 is 0 Å². The van der Waals surface area contributed by atoms with Gasteiger partial charge in [0.15, 0.2) is 11.5 Å². The second-order valence-electron chi connectivity index (χ2n) is 8.65. The lowest BCUT2D eigenvalue weighted by Gasteiger charge is -2.34. The summed E-state index contributed by atoms with van der Waals surface area (Å²) in [6.07, 6.45) is 5.79. The molecule has 0 radical (unpaired) electrons. The molecule has 1 N–H and O–H groups in total. The molecule has 2 aliphatic heterocycles. The maximum Gasteiger partial charge on any atom is 0.231 e. The van der Waals surface area contributed by atoms with Crippen LogP contribution in [0.4, 0.5) is 5.69 Å². The molecule has 6 rings (SSSR count). The number of benzene rings is 2. The molecular formula is C25H28N4O2. The molecule has 1 aliphatic carbocycles. The highest BCUT2D eigenvalue weighted by molar-refractivity contribution is 5.57. The fourth-order valence-corrected chi connectivity index (χ4v) is 5.10. The number of hydrogen-bond acceptors (Lipinski definition) is 5. The summed E-state index contributed by atoms with van der Waals surface area (Å²) >= 11 is 0. The zero-order valence-corrected chi connectivity index (χ0v) is 17.7. The quantitative estimate of drug-likeness (QED) is 0.685. The minimum absolute atomic E-state index is 0.328. The van der Waals surface area contributed by atoms with E-state index in [4.69, 9.17) is 14.6 Å². The Bertz CT molecular complexity index is 1070. The van der Waals surface area contributed by atoms with Crippen molar-refractivity contribution >= 4 is 5.69 Å². The first-order valence-electron chi connectivity index (χ1n) is 11.4. The summed E-state index contributed by atoms with van der Waals surface area (Å²) in [6, 6.07) is 17.3. The zero-order valence-electron chi connectivity index (χ0n) is 17.7. The summed E-state index contributed by atoms with van der Waals surface area (Å²) in [7, 11) is 0. The smallest absolute Gasteiger partial charge is 0.231 e. The molecule has 160 valence electrons. The zero-order chi connectivity index (χ0) is 20.6. The Morgan fingerprint density at radius 3 is 2.65 bits per heavy atom. The van der Waals surface area contributed by atoms with Crippen molar-refractivity contribution in [1.82, 2.24) is 15.1 Å². The number of rotatable bonds is 5. The minimum Gasteiger partial charge on any atom is -0.454 e. The molecule has 6 heteroatoms. The lowest BCUT2D eigenvalue weighted by atomic mass is 10.0. The highest BCUT2D eigenvalue weighted by Crippen LogP contribution is 2.36. The van der Waals surface area contributed by atoms with E-state index < -0.39 is 0 Å². The van der Waals surface area contributed by atoms with Gasteiger partial charge in [-0.05, 0) is 61.9 Å². The van der Waals surface area contributed by atoms with E-state index in [9.17, 15) is 0 Å². The number of para-hydroxylation sites is 1. The lowest BCUT2D eigenvalue weighted by Crippen LogP contribution is -2.42. The fraction of sp³-hybridized carbons (Fsp3) is 0.400. The van der Waals surface area contributed by atoms with Crippen LogP contribution in [0.1, 0.15) is 36.2 Å². The molecule has 0 bridgehead atoms. The fourth-order valence-electron chi connectivity index (χ4n) is 5.10. The van der Waals surface area contributed by atoms with E-state index in [1.807, 2.05) is 6.07 Å². The van der Waals surface area contributed by atoms with Gasteiger partial charge in [0.2, 0.25) is 6.79 Å². The average molecular weight is 417 g/mol. The first kappa shape index (κ1) is 18.8. The normalized spacial score (nSPS) is 17.9. The van der Waals surface area contributed by atoms with Gasteiger partial charge in [0.1, 0.15) is 0 Å². The van der Waals surface area contributed by atoms with Crippen LogP contribution in [-0.4, -0.2) is 35.7 Å². The molecule has 0 unspecified atom stereocenters. The molecule has 31 heavy (non-hydrogen) atoms. The summed E-state index contributed by atoms with van der Waals surface area (Å²) < 4.78 is 13.1. The van der Waals surface area contributed by atoms with Gasteiger partial charge < -0.3 is 19.7 Å². The predicted molar refractivity (Wildman–Crippen MR) is 120 cm³/mol. The molecule has 0 saturated carbocycles. The van der Waals surface area contributed by atoms with Crippen molar-refractivity contribution in [3.05, 3.63) is 65.5 Å². The van der Waals surface area contributed by atoms with Crippen LogP contribution < -0.4 is 19.7 Å². The monoisotopic (exact) mass is 416 g/mol. The lowest BCUT2D eigenvalue weighted by molar-refractivity contribution is 0.174. The number of fused-ring (bicyclic) bond motifs is 2. The number of ether oxygens (including phenoxy) is 2. The molecule has 0 spiro atoms. The number of nitrogens with one attached hydrogen (secondary N) is 1. The van der Waals surface area contributed by atoms with E-state index in [-0.39, 0.29) is 0 Å². The Labute approximate surface area is 182 Å². The standard InChI is InChI=1S/C25H28N4O2/c1-2-5-19(6-3-1)29-23-8-4-7-21(23)22(27-29)16-26-18-11-13-28(14-12-18)20-9-10-24-25(15-20)31-17-30-24/h1-3,5-6,9-10,15,18,26H,4,7-8,11-14,16-17H2. The van der Waals surface area contributed by atoms with Crippen LogP contribution in [0.15, 0.2) is 48.5 Å². The predicted octanol–water partition coefficient (Wildman–Crippen LogP) is 3.85. The van der Waals surface area contributed by atoms with Crippen molar-refractivity contribution in [2.24, 2.45) is 0 Å². The molecular weight excluding hydrogens is 388 g/mol. The Hall–Kier alpha value is -2.99. The summed E-state index contributed by atoms with van der Waals surface area (Å²) in [5.41, 5.74) is 6.50.